The number of carbonyl (C=O) groups is 1. The van der Waals surface area contributed by atoms with Crippen molar-refractivity contribution >= 4 is 29.2 Å². The minimum absolute atomic E-state index is 0.167. The van der Waals surface area contributed by atoms with E-state index in [9.17, 15) is 13.6 Å². The number of halogens is 2. The van der Waals surface area contributed by atoms with Gasteiger partial charge in [0, 0.05) is 35.7 Å². The Balaban J connectivity index is 1.31. The third-order valence-electron chi connectivity index (χ3n) is 5.21. The van der Waals surface area contributed by atoms with Gasteiger partial charge in [-0.25, -0.2) is 13.6 Å². The van der Waals surface area contributed by atoms with E-state index < -0.39 is 11.6 Å². The third kappa shape index (κ3) is 5.48. The van der Waals surface area contributed by atoms with Gasteiger partial charge in [-0.2, -0.15) is 0 Å². The summed E-state index contributed by atoms with van der Waals surface area (Å²) >= 11 is 0. The lowest BCUT2D eigenvalue weighted by Crippen LogP contribution is -2.39. The van der Waals surface area contributed by atoms with Gasteiger partial charge in [0.1, 0.15) is 11.6 Å². The number of nitrogens with zero attached hydrogens (tertiary/aromatic N) is 1. The molecule has 0 atom stereocenters. The van der Waals surface area contributed by atoms with Crippen LogP contribution in [0.15, 0.2) is 78.4 Å². The molecule has 1 aliphatic rings. The first kappa shape index (κ1) is 20.6. The van der Waals surface area contributed by atoms with Gasteiger partial charge in [-0.15, -0.1) is 0 Å². The predicted octanol–water partition coefficient (Wildman–Crippen LogP) is 6.42. The van der Waals surface area contributed by atoms with Crippen LogP contribution in [0.2, 0.25) is 0 Å². The molecule has 6 heteroatoms. The topological polar surface area (TPSA) is 44.4 Å². The minimum atomic E-state index is -0.463. The lowest BCUT2D eigenvalue weighted by atomic mass is 10.0. The van der Waals surface area contributed by atoms with Gasteiger partial charge in [0.25, 0.3) is 0 Å². The molecule has 1 heterocycles. The smallest absolute Gasteiger partial charge is 0.321 e. The Labute approximate surface area is 180 Å². The highest BCUT2D eigenvalue weighted by Crippen LogP contribution is 2.23. The molecular formula is C25H23F2N3O. The van der Waals surface area contributed by atoms with Crippen LogP contribution in [0.5, 0.6) is 0 Å². The molecule has 0 aromatic heterocycles. The Morgan fingerprint density at radius 3 is 2.19 bits per heavy atom. The maximum atomic E-state index is 13.8. The molecule has 0 spiro atoms. The summed E-state index contributed by atoms with van der Waals surface area (Å²) in [6, 6.07) is 20.6. The second-order valence-corrected chi connectivity index (χ2v) is 7.45. The number of piperidine rings is 1. The molecule has 4 nitrogen and oxygen atoms in total. The Kier molecular flexibility index (Phi) is 6.26. The standard InChI is InChI=1S/C25H23F2N3O/c26-20-6-11-24(27)19(17-20)16-18-12-14-30(15-13-18)25(31)29-23-9-7-22(8-10-23)28-21-4-2-1-3-5-21/h1-11,16-17,28H,12-15H2,(H,29,31). The molecule has 0 aliphatic carbocycles. The molecular weight excluding hydrogens is 396 g/mol. The van der Waals surface area contributed by atoms with Crippen LogP contribution in [0.3, 0.4) is 0 Å². The van der Waals surface area contributed by atoms with Crippen LogP contribution in [-0.2, 0) is 0 Å². The Bertz CT molecular complexity index is 1070. The largest absolute Gasteiger partial charge is 0.356 e. The normalized spacial score (nSPS) is 13.6. The second kappa shape index (κ2) is 9.43. The van der Waals surface area contributed by atoms with Crippen molar-refractivity contribution in [3.05, 3.63) is 95.6 Å². The van der Waals surface area contributed by atoms with Crippen LogP contribution in [0, 0.1) is 11.6 Å². The molecule has 4 rings (SSSR count). The summed E-state index contributed by atoms with van der Waals surface area (Å²) in [7, 11) is 0. The number of para-hydroxylation sites is 1. The van der Waals surface area contributed by atoms with E-state index in [-0.39, 0.29) is 11.6 Å². The third-order valence-corrected chi connectivity index (χ3v) is 5.21. The SMILES string of the molecule is O=C(Nc1ccc(Nc2ccccc2)cc1)N1CCC(=Cc2cc(F)ccc2F)CC1. The number of amides is 2. The molecule has 1 aliphatic heterocycles. The van der Waals surface area contributed by atoms with Crippen molar-refractivity contribution in [1.82, 2.24) is 4.90 Å². The molecule has 1 saturated heterocycles. The maximum Gasteiger partial charge on any atom is 0.321 e. The first-order valence-electron chi connectivity index (χ1n) is 10.2. The number of rotatable bonds is 4. The molecule has 3 aromatic carbocycles. The van der Waals surface area contributed by atoms with E-state index >= 15 is 0 Å². The van der Waals surface area contributed by atoms with E-state index in [1.54, 1.807) is 11.0 Å². The van der Waals surface area contributed by atoms with Crippen LogP contribution < -0.4 is 10.6 Å². The van der Waals surface area contributed by atoms with Crippen molar-refractivity contribution in [2.75, 3.05) is 23.7 Å². The van der Waals surface area contributed by atoms with Crippen molar-refractivity contribution in [3.63, 3.8) is 0 Å². The summed E-state index contributed by atoms with van der Waals surface area (Å²) in [4.78, 5) is 14.3. The van der Waals surface area contributed by atoms with Crippen molar-refractivity contribution < 1.29 is 13.6 Å². The lowest BCUT2D eigenvalue weighted by Gasteiger charge is -2.28. The molecule has 0 unspecified atom stereocenters. The van der Waals surface area contributed by atoms with E-state index in [1.165, 1.54) is 6.07 Å². The van der Waals surface area contributed by atoms with Crippen LogP contribution in [-0.4, -0.2) is 24.0 Å². The zero-order valence-corrected chi connectivity index (χ0v) is 16.9. The van der Waals surface area contributed by atoms with Gasteiger partial charge in [-0.3, -0.25) is 0 Å². The molecule has 31 heavy (non-hydrogen) atoms. The predicted molar refractivity (Wildman–Crippen MR) is 120 cm³/mol. The van der Waals surface area contributed by atoms with E-state index in [2.05, 4.69) is 10.6 Å². The van der Waals surface area contributed by atoms with Gasteiger partial charge in [0.05, 0.1) is 0 Å². The Hall–Kier alpha value is -3.67. The number of anilines is 3. The molecule has 1 fully saturated rings. The molecule has 2 amide bonds. The number of nitrogens with one attached hydrogen (secondary N) is 2. The summed E-state index contributed by atoms with van der Waals surface area (Å²) < 4.78 is 27.2. The second-order valence-electron chi connectivity index (χ2n) is 7.45. The Morgan fingerprint density at radius 1 is 0.839 bits per heavy atom. The molecule has 2 N–H and O–H groups in total. The first-order chi connectivity index (χ1) is 15.1. The summed E-state index contributed by atoms with van der Waals surface area (Å²) in [6.45, 7) is 1.06. The van der Waals surface area contributed by atoms with E-state index in [0.29, 0.717) is 31.6 Å². The molecule has 0 radical (unpaired) electrons. The van der Waals surface area contributed by atoms with Crippen molar-refractivity contribution in [1.29, 1.82) is 0 Å². The van der Waals surface area contributed by atoms with Crippen LogP contribution in [0.4, 0.5) is 30.6 Å². The summed E-state index contributed by atoms with van der Waals surface area (Å²) in [5.74, 6) is -0.908. The Morgan fingerprint density at radius 2 is 1.48 bits per heavy atom. The van der Waals surface area contributed by atoms with E-state index in [1.807, 2.05) is 54.6 Å². The van der Waals surface area contributed by atoms with Gasteiger partial charge in [0.15, 0.2) is 0 Å². The van der Waals surface area contributed by atoms with Crippen molar-refractivity contribution in [3.8, 4) is 0 Å². The van der Waals surface area contributed by atoms with Gasteiger partial charge in [-0.1, -0.05) is 29.8 Å². The molecule has 3 aromatic rings. The van der Waals surface area contributed by atoms with E-state index in [4.69, 9.17) is 0 Å². The van der Waals surface area contributed by atoms with Gasteiger partial charge in [0.2, 0.25) is 0 Å². The van der Waals surface area contributed by atoms with Crippen molar-refractivity contribution in [2.45, 2.75) is 12.8 Å². The van der Waals surface area contributed by atoms with Crippen LogP contribution in [0.25, 0.3) is 6.08 Å². The minimum Gasteiger partial charge on any atom is -0.356 e. The quantitative estimate of drug-likeness (QED) is 0.513. The van der Waals surface area contributed by atoms with Gasteiger partial charge >= 0.3 is 6.03 Å². The average molecular weight is 419 g/mol. The van der Waals surface area contributed by atoms with Gasteiger partial charge < -0.3 is 15.5 Å². The zero-order valence-electron chi connectivity index (χ0n) is 16.9. The fraction of sp³-hybridized carbons (Fsp3) is 0.160. The summed E-state index contributed by atoms with van der Waals surface area (Å²) in [5.41, 5.74) is 3.89. The fourth-order valence-electron chi connectivity index (χ4n) is 3.51. The highest BCUT2D eigenvalue weighted by atomic mass is 19.1. The summed E-state index contributed by atoms with van der Waals surface area (Å²) in [6.07, 6.45) is 2.94. The number of likely N-dealkylation sites (tertiary alicyclic amines) is 1. The number of urea groups is 1. The molecule has 158 valence electrons. The average Bonchev–Trinajstić information content (AvgIpc) is 2.79. The number of benzene rings is 3. The number of hydrogen-bond acceptors (Lipinski definition) is 2. The van der Waals surface area contributed by atoms with Crippen LogP contribution >= 0.6 is 0 Å². The van der Waals surface area contributed by atoms with Crippen LogP contribution in [0.1, 0.15) is 18.4 Å². The molecule has 0 bridgehead atoms. The lowest BCUT2D eigenvalue weighted by molar-refractivity contribution is 0.208. The monoisotopic (exact) mass is 419 g/mol. The van der Waals surface area contributed by atoms with Gasteiger partial charge in [-0.05, 0) is 67.4 Å². The number of hydrogen-bond donors (Lipinski definition) is 2. The summed E-state index contributed by atoms with van der Waals surface area (Å²) in [5, 5.41) is 6.21. The maximum absolute atomic E-state index is 13.8. The number of carbonyl (C=O) groups excluding carboxylic acids is 1. The van der Waals surface area contributed by atoms with E-state index in [0.717, 1.165) is 29.1 Å². The highest BCUT2D eigenvalue weighted by molar-refractivity contribution is 5.89. The fourth-order valence-corrected chi connectivity index (χ4v) is 3.51. The van der Waals surface area contributed by atoms with Crippen molar-refractivity contribution in [2.24, 2.45) is 0 Å². The molecule has 0 saturated carbocycles. The highest BCUT2D eigenvalue weighted by Gasteiger charge is 2.19. The zero-order chi connectivity index (χ0) is 21.6. The first-order valence-corrected chi connectivity index (χ1v) is 10.2.